The van der Waals surface area contributed by atoms with Crippen molar-refractivity contribution < 1.29 is 9.84 Å². The fourth-order valence-electron chi connectivity index (χ4n) is 2.34. The normalized spacial score (nSPS) is 18.6. The molecule has 3 N–H and O–H groups in total. The third kappa shape index (κ3) is 3.68. The molecule has 1 aromatic heterocycles. The van der Waals surface area contributed by atoms with Gasteiger partial charge in [-0.1, -0.05) is 12.5 Å². The van der Waals surface area contributed by atoms with E-state index < -0.39 is 6.10 Å². The zero-order valence-electron chi connectivity index (χ0n) is 10.7. The highest BCUT2D eigenvalue weighted by Gasteiger charge is 2.16. The molecule has 0 radical (unpaired) electrons. The standard InChI is InChI=1S/C14H22N2O2/c15-10-9-13(17)12-7-4-8-14(16-12)18-11-5-2-1-3-6-11/h4,7-8,11,13,17H,1-3,5-6,9-10,15H2/t13-/m1/s1. The van der Waals surface area contributed by atoms with Crippen LogP contribution in [0.15, 0.2) is 18.2 Å². The molecule has 0 saturated heterocycles. The average molecular weight is 250 g/mol. The maximum atomic E-state index is 9.85. The van der Waals surface area contributed by atoms with E-state index in [1.807, 2.05) is 18.2 Å². The van der Waals surface area contributed by atoms with Crippen LogP contribution in [0.1, 0.15) is 50.3 Å². The third-order valence-electron chi connectivity index (χ3n) is 3.37. The fraction of sp³-hybridized carbons (Fsp3) is 0.643. The maximum absolute atomic E-state index is 9.85. The first kappa shape index (κ1) is 13.3. The Labute approximate surface area is 108 Å². The van der Waals surface area contributed by atoms with Gasteiger partial charge in [0.15, 0.2) is 0 Å². The van der Waals surface area contributed by atoms with E-state index in [-0.39, 0.29) is 6.10 Å². The van der Waals surface area contributed by atoms with E-state index in [1.54, 1.807) is 0 Å². The van der Waals surface area contributed by atoms with E-state index in [1.165, 1.54) is 19.3 Å². The molecule has 1 heterocycles. The largest absolute Gasteiger partial charge is 0.474 e. The minimum absolute atomic E-state index is 0.285. The van der Waals surface area contributed by atoms with Crippen LogP contribution in [0, 0.1) is 0 Å². The zero-order valence-corrected chi connectivity index (χ0v) is 10.7. The van der Waals surface area contributed by atoms with Crippen LogP contribution in [-0.4, -0.2) is 22.7 Å². The summed E-state index contributed by atoms with van der Waals surface area (Å²) in [4.78, 5) is 4.36. The number of aromatic nitrogens is 1. The highest BCUT2D eigenvalue weighted by atomic mass is 16.5. The van der Waals surface area contributed by atoms with Crippen molar-refractivity contribution in [3.05, 3.63) is 23.9 Å². The van der Waals surface area contributed by atoms with Crippen molar-refractivity contribution in [3.63, 3.8) is 0 Å². The van der Waals surface area contributed by atoms with Crippen molar-refractivity contribution in [2.75, 3.05) is 6.54 Å². The highest BCUT2D eigenvalue weighted by Crippen LogP contribution is 2.23. The van der Waals surface area contributed by atoms with E-state index in [9.17, 15) is 5.11 Å². The highest BCUT2D eigenvalue weighted by molar-refractivity contribution is 5.17. The number of aliphatic hydroxyl groups excluding tert-OH is 1. The minimum atomic E-state index is -0.593. The van der Waals surface area contributed by atoms with Crippen LogP contribution in [0.3, 0.4) is 0 Å². The topological polar surface area (TPSA) is 68.4 Å². The lowest BCUT2D eigenvalue weighted by Crippen LogP contribution is -2.20. The predicted octanol–water partition coefficient (Wildman–Crippen LogP) is 2.18. The Hall–Kier alpha value is -1.13. The average Bonchev–Trinajstić information content (AvgIpc) is 2.40. The Morgan fingerprint density at radius 2 is 2.11 bits per heavy atom. The molecule has 1 saturated carbocycles. The number of aliphatic hydroxyl groups is 1. The lowest BCUT2D eigenvalue weighted by atomic mass is 9.98. The Morgan fingerprint density at radius 1 is 1.33 bits per heavy atom. The number of ether oxygens (including phenoxy) is 1. The Kier molecular flexibility index (Phi) is 4.96. The van der Waals surface area contributed by atoms with E-state index >= 15 is 0 Å². The van der Waals surface area contributed by atoms with Gasteiger partial charge in [-0.05, 0) is 44.7 Å². The molecule has 1 aliphatic carbocycles. The molecular formula is C14H22N2O2. The summed E-state index contributed by atoms with van der Waals surface area (Å²) in [6.45, 7) is 0.455. The number of nitrogens with two attached hydrogens (primary N) is 1. The van der Waals surface area contributed by atoms with Gasteiger partial charge in [-0.2, -0.15) is 0 Å². The van der Waals surface area contributed by atoms with Crippen LogP contribution in [-0.2, 0) is 0 Å². The number of rotatable bonds is 5. The van der Waals surface area contributed by atoms with E-state index in [0.29, 0.717) is 24.5 Å². The fourth-order valence-corrected chi connectivity index (χ4v) is 2.34. The SMILES string of the molecule is NCC[C@@H](O)c1cccc(OC2CCCCC2)n1. The molecule has 100 valence electrons. The number of pyridine rings is 1. The lowest BCUT2D eigenvalue weighted by Gasteiger charge is -2.22. The van der Waals surface area contributed by atoms with Gasteiger partial charge in [0.25, 0.3) is 0 Å². The molecule has 4 heteroatoms. The van der Waals surface area contributed by atoms with Gasteiger partial charge in [0.2, 0.25) is 5.88 Å². The summed E-state index contributed by atoms with van der Waals surface area (Å²) in [5.74, 6) is 0.621. The third-order valence-corrected chi connectivity index (χ3v) is 3.37. The summed E-state index contributed by atoms with van der Waals surface area (Å²) in [5, 5.41) is 9.85. The summed E-state index contributed by atoms with van der Waals surface area (Å²) in [6, 6.07) is 5.54. The second-order valence-corrected chi connectivity index (χ2v) is 4.87. The predicted molar refractivity (Wildman–Crippen MR) is 70.4 cm³/mol. The molecule has 0 unspecified atom stereocenters. The molecule has 0 bridgehead atoms. The van der Waals surface area contributed by atoms with E-state index in [2.05, 4.69) is 4.98 Å². The van der Waals surface area contributed by atoms with Crippen molar-refractivity contribution >= 4 is 0 Å². The Balaban J connectivity index is 1.97. The minimum Gasteiger partial charge on any atom is -0.474 e. The molecule has 18 heavy (non-hydrogen) atoms. The number of hydrogen-bond donors (Lipinski definition) is 2. The van der Waals surface area contributed by atoms with Crippen molar-refractivity contribution in [1.82, 2.24) is 4.98 Å². The zero-order chi connectivity index (χ0) is 12.8. The van der Waals surface area contributed by atoms with E-state index in [4.69, 9.17) is 10.5 Å². The van der Waals surface area contributed by atoms with Crippen molar-refractivity contribution in [2.24, 2.45) is 5.73 Å². The van der Waals surface area contributed by atoms with Crippen molar-refractivity contribution in [3.8, 4) is 5.88 Å². The van der Waals surface area contributed by atoms with Gasteiger partial charge in [0, 0.05) is 6.07 Å². The molecule has 4 nitrogen and oxygen atoms in total. The molecule has 1 aliphatic rings. The summed E-state index contributed by atoms with van der Waals surface area (Å²) in [5.41, 5.74) is 6.08. The number of hydrogen-bond acceptors (Lipinski definition) is 4. The summed E-state index contributed by atoms with van der Waals surface area (Å²) >= 11 is 0. The molecule has 1 atom stereocenters. The summed E-state index contributed by atoms with van der Waals surface area (Å²) in [6.07, 6.45) is 6.22. The first-order chi connectivity index (χ1) is 8.79. The van der Waals surface area contributed by atoms with Gasteiger partial charge >= 0.3 is 0 Å². The Morgan fingerprint density at radius 3 is 2.83 bits per heavy atom. The maximum Gasteiger partial charge on any atom is 0.213 e. The van der Waals surface area contributed by atoms with Crippen LogP contribution >= 0.6 is 0 Å². The van der Waals surface area contributed by atoms with Crippen molar-refractivity contribution in [1.29, 1.82) is 0 Å². The summed E-state index contributed by atoms with van der Waals surface area (Å²) in [7, 11) is 0. The lowest BCUT2D eigenvalue weighted by molar-refractivity contribution is 0.141. The number of nitrogens with zero attached hydrogens (tertiary/aromatic N) is 1. The first-order valence-corrected chi connectivity index (χ1v) is 6.81. The van der Waals surface area contributed by atoms with Crippen LogP contribution in [0.4, 0.5) is 0 Å². The van der Waals surface area contributed by atoms with Crippen molar-refractivity contribution in [2.45, 2.75) is 50.7 Å². The van der Waals surface area contributed by atoms with Crippen LogP contribution in [0.5, 0.6) is 5.88 Å². The van der Waals surface area contributed by atoms with Gasteiger partial charge in [-0.25, -0.2) is 4.98 Å². The van der Waals surface area contributed by atoms with Gasteiger partial charge in [-0.3, -0.25) is 0 Å². The molecule has 2 rings (SSSR count). The quantitative estimate of drug-likeness (QED) is 0.840. The molecule has 0 aliphatic heterocycles. The van der Waals surface area contributed by atoms with Crippen LogP contribution < -0.4 is 10.5 Å². The Bertz CT molecular complexity index is 365. The molecule has 1 fully saturated rings. The smallest absolute Gasteiger partial charge is 0.213 e. The van der Waals surface area contributed by atoms with Gasteiger partial charge in [0.05, 0.1) is 11.8 Å². The van der Waals surface area contributed by atoms with Gasteiger partial charge in [0.1, 0.15) is 6.10 Å². The molecule has 0 aromatic carbocycles. The van der Waals surface area contributed by atoms with E-state index in [0.717, 1.165) is 12.8 Å². The van der Waals surface area contributed by atoms with Gasteiger partial charge in [-0.15, -0.1) is 0 Å². The second-order valence-electron chi connectivity index (χ2n) is 4.87. The van der Waals surface area contributed by atoms with Crippen LogP contribution in [0.25, 0.3) is 0 Å². The van der Waals surface area contributed by atoms with Crippen LogP contribution in [0.2, 0.25) is 0 Å². The molecule has 0 spiro atoms. The molecular weight excluding hydrogens is 228 g/mol. The second kappa shape index (κ2) is 6.71. The monoisotopic (exact) mass is 250 g/mol. The molecule has 1 aromatic rings. The first-order valence-electron chi connectivity index (χ1n) is 6.81. The summed E-state index contributed by atoms with van der Waals surface area (Å²) < 4.78 is 5.87. The molecule has 0 amide bonds. The van der Waals surface area contributed by atoms with Gasteiger partial charge < -0.3 is 15.6 Å².